The van der Waals surface area contributed by atoms with Gasteiger partial charge < -0.3 is 15.5 Å². The number of carbonyl (C=O) groups excluding carboxylic acids is 2. The fourth-order valence-corrected chi connectivity index (χ4v) is 4.57. The monoisotopic (exact) mass is 525 g/mol. The second kappa shape index (κ2) is 12.0. The summed E-state index contributed by atoms with van der Waals surface area (Å²) in [7, 11) is 3.27. The smallest absolute Gasteiger partial charge is 0.261 e. The number of fused-ring (bicyclic) bond motifs is 1. The summed E-state index contributed by atoms with van der Waals surface area (Å²) in [5.74, 6) is -0.458. The van der Waals surface area contributed by atoms with E-state index >= 15 is 0 Å². The third kappa shape index (κ3) is 6.07. The van der Waals surface area contributed by atoms with Gasteiger partial charge in [0.05, 0.1) is 17.4 Å². The highest BCUT2D eigenvalue weighted by molar-refractivity contribution is 5.98. The van der Waals surface area contributed by atoms with E-state index in [2.05, 4.69) is 0 Å². The predicted molar refractivity (Wildman–Crippen MR) is 154 cm³/mol. The molecule has 202 valence electrons. The molecule has 3 aromatic carbocycles. The van der Waals surface area contributed by atoms with E-state index in [1.165, 1.54) is 14.4 Å². The molecule has 2 amide bonds. The number of amides is 2. The molecule has 8 heteroatoms. The lowest BCUT2D eigenvalue weighted by Crippen LogP contribution is -2.47. The van der Waals surface area contributed by atoms with Crippen LogP contribution in [0.1, 0.15) is 45.3 Å². The van der Waals surface area contributed by atoms with Crippen LogP contribution in [0.25, 0.3) is 10.9 Å². The van der Waals surface area contributed by atoms with E-state index in [4.69, 9.17) is 10.7 Å². The lowest BCUT2D eigenvalue weighted by molar-refractivity contribution is -0.134. The first-order chi connectivity index (χ1) is 18.7. The van der Waals surface area contributed by atoms with E-state index in [1.807, 2.05) is 68.4 Å². The number of likely N-dealkylation sites (N-methyl/N-ethyl adjacent to an activating group) is 1. The molecular formula is C31H35N5O3. The molecule has 1 heterocycles. The molecule has 0 saturated heterocycles. The summed E-state index contributed by atoms with van der Waals surface area (Å²) in [4.78, 5) is 49.7. The molecule has 1 aromatic heterocycles. The van der Waals surface area contributed by atoms with E-state index in [-0.39, 0.29) is 36.3 Å². The first-order valence-corrected chi connectivity index (χ1v) is 13.0. The van der Waals surface area contributed by atoms with Crippen molar-refractivity contribution in [2.75, 3.05) is 27.2 Å². The average Bonchev–Trinajstić information content (AvgIpc) is 2.93. The number of hydrogen-bond acceptors (Lipinski definition) is 5. The summed E-state index contributed by atoms with van der Waals surface area (Å²) in [5.41, 5.74) is 9.35. The lowest BCUT2D eigenvalue weighted by Gasteiger charge is -2.33. The van der Waals surface area contributed by atoms with E-state index in [0.717, 1.165) is 16.7 Å². The van der Waals surface area contributed by atoms with Crippen molar-refractivity contribution in [3.8, 4) is 0 Å². The number of aromatic nitrogens is 2. The maximum atomic E-state index is 14.0. The minimum atomic E-state index is -1.14. The Hall–Kier alpha value is -4.30. The van der Waals surface area contributed by atoms with Gasteiger partial charge in [-0.15, -0.1) is 0 Å². The molecule has 4 aromatic rings. The Bertz CT molecular complexity index is 1530. The Kier molecular flexibility index (Phi) is 8.56. The molecule has 0 saturated carbocycles. The fraction of sp³-hybridized carbons (Fsp3) is 0.290. The van der Waals surface area contributed by atoms with Crippen molar-refractivity contribution >= 4 is 22.7 Å². The zero-order valence-electron chi connectivity index (χ0n) is 22.9. The molecule has 0 fully saturated rings. The third-order valence-electron chi connectivity index (χ3n) is 6.72. The largest absolute Gasteiger partial charge is 0.347 e. The summed E-state index contributed by atoms with van der Waals surface area (Å²) < 4.78 is 1.52. The summed E-state index contributed by atoms with van der Waals surface area (Å²) in [5, 5.41) is 0.453. The molecule has 4 rings (SSSR count). The molecular weight excluding hydrogens is 490 g/mol. The number of benzene rings is 3. The molecule has 0 bridgehead atoms. The van der Waals surface area contributed by atoms with Crippen LogP contribution in [0, 0.1) is 13.8 Å². The molecule has 2 N–H and O–H groups in total. The molecule has 1 unspecified atom stereocenters. The summed E-state index contributed by atoms with van der Waals surface area (Å²) in [6.45, 7) is 4.63. The quantitative estimate of drug-likeness (QED) is 0.359. The maximum absolute atomic E-state index is 14.0. The molecule has 8 nitrogen and oxygen atoms in total. The second-order valence-corrected chi connectivity index (χ2v) is 10.0. The molecule has 0 radical (unpaired) electrons. The molecule has 1 atom stereocenters. The Labute approximate surface area is 228 Å². The van der Waals surface area contributed by atoms with Gasteiger partial charge in [0.2, 0.25) is 0 Å². The highest BCUT2D eigenvalue weighted by atomic mass is 16.2. The van der Waals surface area contributed by atoms with Crippen LogP contribution < -0.4 is 11.3 Å². The van der Waals surface area contributed by atoms with Crippen molar-refractivity contribution in [1.29, 1.82) is 0 Å². The third-order valence-corrected chi connectivity index (χ3v) is 6.72. The number of nitrogens with zero attached hydrogens (tertiary/aromatic N) is 4. The maximum Gasteiger partial charge on any atom is 0.261 e. The van der Waals surface area contributed by atoms with E-state index in [0.29, 0.717) is 29.4 Å². The van der Waals surface area contributed by atoms with Crippen LogP contribution in [0.3, 0.4) is 0 Å². The van der Waals surface area contributed by atoms with Gasteiger partial charge in [-0.3, -0.25) is 19.0 Å². The minimum absolute atomic E-state index is 0.201. The number of nitrogens with two attached hydrogens (primary N) is 1. The topological polar surface area (TPSA) is 102 Å². The summed E-state index contributed by atoms with van der Waals surface area (Å²) >= 11 is 0. The van der Waals surface area contributed by atoms with Gasteiger partial charge in [0, 0.05) is 26.2 Å². The summed E-state index contributed by atoms with van der Waals surface area (Å²) in [6, 6.07) is 21.1. The first-order valence-electron chi connectivity index (χ1n) is 13.0. The van der Waals surface area contributed by atoms with Crippen molar-refractivity contribution in [2.45, 2.75) is 32.9 Å². The Morgan fingerprint density at radius 3 is 2.26 bits per heavy atom. The highest BCUT2D eigenvalue weighted by Gasteiger charge is 2.36. The van der Waals surface area contributed by atoms with Crippen LogP contribution in [0.5, 0.6) is 0 Å². The number of aryl methyl sites for hydroxylation is 2. The van der Waals surface area contributed by atoms with Gasteiger partial charge in [-0.2, -0.15) is 0 Å². The fourth-order valence-electron chi connectivity index (χ4n) is 4.57. The Balaban J connectivity index is 1.99. The Morgan fingerprint density at radius 2 is 1.62 bits per heavy atom. The van der Waals surface area contributed by atoms with Gasteiger partial charge in [-0.1, -0.05) is 54.1 Å². The van der Waals surface area contributed by atoms with Crippen LogP contribution >= 0.6 is 0 Å². The molecule has 0 aliphatic carbocycles. The predicted octanol–water partition coefficient (Wildman–Crippen LogP) is 3.68. The van der Waals surface area contributed by atoms with Crippen LogP contribution in [-0.2, 0) is 11.3 Å². The van der Waals surface area contributed by atoms with E-state index < -0.39 is 6.04 Å². The summed E-state index contributed by atoms with van der Waals surface area (Å²) in [6.07, 6.45) is 0.477. The van der Waals surface area contributed by atoms with Gasteiger partial charge in [0.15, 0.2) is 6.04 Å². The van der Waals surface area contributed by atoms with Crippen molar-refractivity contribution in [3.05, 3.63) is 111 Å². The zero-order chi connectivity index (χ0) is 28.1. The zero-order valence-corrected chi connectivity index (χ0v) is 22.9. The van der Waals surface area contributed by atoms with Gasteiger partial charge in [-0.05, 0) is 62.2 Å². The van der Waals surface area contributed by atoms with Crippen LogP contribution in [-0.4, -0.2) is 58.4 Å². The van der Waals surface area contributed by atoms with Crippen LogP contribution in [0.15, 0.2) is 77.6 Å². The number of rotatable bonds is 9. The number of hydrogen-bond donors (Lipinski definition) is 1. The lowest BCUT2D eigenvalue weighted by atomic mass is 10.1. The normalized spacial score (nSPS) is 11.8. The van der Waals surface area contributed by atoms with Gasteiger partial charge in [0.25, 0.3) is 17.4 Å². The number of carbonyl (C=O) groups is 2. The standard InChI is InChI=1S/C31H35N5O3/c1-21-11-14-24(15-12-21)29(37)35(18-8-17-32)27(31(39)34(3)4)28-33-26-19-22(2)13-16-25(26)30(38)36(28)20-23-9-6-5-7-10-23/h5-7,9-16,19,27H,8,17-18,20,32H2,1-4H3. The van der Waals surface area contributed by atoms with E-state index in [9.17, 15) is 14.4 Å². The molecule has 0 spiro atoms. The molecule has 39 heavy (non-hydrogen) atoms. The van der Waals surface area contributed by atoms with Gasteiger partial charge >= 0.3 is 0 Å². The SMILES string of the molecule is Cc1ccc(C(=O)N(CCCN)C(C(=O)N(C)C)c2nc3cc(C)ccc3c(=O)n2Cc2ccccc2)cc1. The molecule has 0 aliphatic rings. The van der Waals surface area contributed by atoms with Crippen molar-refractivity contribution < 1.29 is 9.59 Å². The van der Waals surface area contributed by atoms with Gasteiger partial charge in [-0.25, -0.2) is 4.98 Å². The Morgan fingerprint density at radius 1 is 0.949 bits per heavy atom. The van der Waals surface area contributed by atoms with Crippen molar-refractivity contribution in [2.24, 2.45) is 5.73 Å². The van der Waals surface area contributed by atoms with Gasteiger partial charge in [0.1, 0.15) is 5.82 Å². The van der Waals surface area contributed by atoms with Crippen LogP contribution in [0.2, 0.25) is 0 Å². The second-order valence-electron chi connectivity index (χ2n) is 10.0. The first kappa shape index (κ1) is 27.7. The van der Waals surface area contributed by atoms with Crippen molar-refractivity contribution in [1.82, 2.24) is 19.4 Å². The van der Waals surface area contributed by atoms with Crippen molar-refractivity contribution in [3.63, 3.8) is 0 Å². The van der Waals surface area contributed by atoms with E-state index in [1.54, 1.807) is 32.3 Å². The highest BCUT2D eigenvalue weighted by Crippen LogP contribution is 2.26. The minimum Gasteiger partial charge on any atom is -0.347 e. The van der Waals surface area contributed by atoms with Crippen LogP contribution in [0.4, 0.5) is 0 Å². The average molecular weight is 526 g/mol. The molecule has 0 aliphatic heterocycles.